The first-order chi connectivity index (χ1) is 12.8. The van der Waals surface area contributed by atoms with Gasteiger partial charge in [0.25, 0.3) is 5.91 Å². The lowest BCUT2D eigenvalue weighted by molar-refractivity contribution is -0.921. The Morgan fingerprint density at radius 3 is 2.35 bits per heavy atom. The van der Waals surface area contributed by atoms with Crippen LogP contribution in [-0.2, 0) is 4.79 Å². The van der Waals surface area contributed by atoms with Crippen molar-refractivity contribution in [2.24, 2.45) is 0 Å². The maximum atomic E-state index is 13.3. The van der Waals surface area contributed by atoms with Gasteiger partial charge in [0.05, 0.1) is 25.4 Å². The average Bonchev–Trinajstić information content (AvgIpc) is 2.94. The smallest absolute Gasteiger partial charge is 0.287 e. The summed E-state index contributed by atoms with van der Waals surface area (Å²) >= 11 is 0. The molecule has 1 aliphatic heterocycles. The molecule has 1 saturated heterocycles. The molecule has 4 heteroatoms. The zero-order valence-corrected chi connectivity index (χ0v) is 15.5. The third-order valence-corrected chi connectivity index (χ3v) is 4.99. The van der Waals surface area contributed by atoms with Gasteiger partial charge in [0.1, 0.15) is 5.75 Å². The number of likely N-dealkylation sites (tertiary alicyclic amines) is 1. The molecule has 0 bridgehead atoms. The SMILES string of the molecule is CCOc1ccccc1NC(=O)[C@H](c1ccccc1)[NH+]1CCCCCC1. The lowest BCUT2D eigenvalue weighted by atomic mass is 10.0. The summed E-state index contributed by atoms with van der Waals surface area (Å²) in [5.41, 5.74) is 1.82. The van der Waals surface area contributed by atoms with Gasteiger partial charge in [0.15, 0.2) is 6.04 Å². The van der Waals surface area contributed by atoms with E-state index in [0.717, 1.165) is 30.1 Å². The van der Waals surface area contributed by atoms with E-state index in [1.807, 2.05) is 49.4 Å². The van der Waals surface area contributed by atoms with Crippen LogP contribution in [0.15, 0.2) is 54.6 Å². The summed E-state index contributed by atoms with van der Waals surface area (Å²) in [6, 6.07) is 17.6. The van der Waals surface area contributed by atoms with Crippen LogP contribution in [0.3, 0.4) is 0 Å². The van der Waals surface area contributed by atoms with Gasteiger partial charge in [0.2, 0.25) is 0 Å². The number of hydrogen-bond acceptors (Lipinski definition) is 2. The molecule has 0 aromatic heterocycles. The van der Waals surface area contributed by atoms with Crippen LogP contribution in [0.4, 0.5) is 5.69 Å². The minimum absolute atomic E-state index is 0.0419. The first-order valence-electron chi connectivity index (χ1n) is 9.72. The Morgan fingerprint density at radius 1 is 1.00 bits per heavy atom. The molecule has 1 atom stereocenters. The fraction of sp³-hybridized carbons (Fsp3) is 0.409. The number of amides is 1. The van der Waals surface area contributed by atoms with E-state index in [2.05, 4.69) is 17.4 Å². The van der Waals surface area contributed by atoms with Crippen molar-refractivity contribution in [3.05, 3.63) is 60.2 Å². The van der Waals surface area contributed by atoms with Gasteiger partial charge in [-0.1, -0.05) is 42.5 Å². The normalized spacial score (nSPS) is 16.5. The number of carbonyl (C=O) groups is 1. The minimum Gasteiger partial charge on any atom is -0.492 e. The highest BCUT2D eigenvalue weighted by Crippen LogP contribution is 2.25. The topological polar surface area (TPSA) is 42.8 Å². The van der Waals surface area contributed by atoms with Gasteiger partial charge in [-0.05, 0) is 44.7 Å². The van der Waals surface area contributed by atoms with Crippen LogP contribution < -0.4 is 15.0 Å². The van der Waals surface area contributed by atoms with Gasteiger partial charge in [-0.25, -0.2) is 0 Å². The summed E-state index contributed by atoms with van der Waals surface area (Å²) in [4.78, 5) is 14.7. The highest BCUT2D eigenvalue weighted by atomic mass is 16.5. The van der Waals surface area contributed by atoms with Gasteiger partial charge in [-0.2, -0.15) is 0 Å². The zero-order chi connectivity index (χ0) is 18.2. The minimum atomic E-state index is -0.191. The first-order valence-corrected chi connectivity index (χ1v) is 9.72. The molecule has 138 valence electrons. The fourth-order valence-electron chi connectivity index (χ4n) is 3.75. The van der Waals surface area contributed by atoms with Crippen LogP contribution in [0.1, 0.15) is 44.2 Å². The van der Waals surface area contributed by atoms with Crippen LogP contribution in [0.2, 0.25) is 0 Å². The molecule has 1 amide bonds. The van der Waals surface area contributed by atoms with Gasteiger partial charge >= 0.3 is 0 Å². The maximum absolute atomic E-state index is 13.3. The van der Waals surface area contributed by atoms with Crippen LogP contribution in [-0.4, -0.2) is 25.6 Å². The predicted molar refractivity (Wildman–Crippen MR) is 105 cm³/mol. The van der Waals surface area contributed by atoms with Crippen molar-refractivity contribution in [1.29, 1.82) is 0 Å². The molecular formula is C22H29N2O2+. The van der Waals surface area contributed by atoms with Crippen LogP contribution >= 0.6 is 0 Å². The molecule has 0 radical (unpaired) electrons. The number of nitrogens with one attached hydrogen (secondary N) is 2. The molecule has 0 spiro atoms. The second-order valence-corrected chi connectivity index (χ2v) is 6.83. The number of benzene rings is 2. The standard InChI is InChI=1S/C22H28N2O2/c1-2-26-20-15-9-8-14-19(20)23-22(25)21(18-12-6-5-7-13-18)24-16-10-3-4-11-17-24/h5-9,12-15,21H,2-4,10-11,16-17H2,1H3,(H,23,25)/p+1/t21-/m0/s1. The summed E-state index contributed by atoms with van der Waals surface area (Å²) in [6.07, 6.45) is 4.89. The first kappa shape index (κ1) is 18.5. The van der Waals surface area contributed by atoms with Crippen molar-refractivity contribution in [2.75, 3.05) is 25.0 Å². The van der Waals surface area contributed by atoms with E-state index < -0.39 is 0 Å². The molecule has 1 heterocycles. The zero-order valence-electron chi connectivity index (χ0n) is 15.5. The molecule has 0 saturated carbocycles. The Kier molecular flexibility index (Phi) is 6.67. The van der Waals surface area contributed by atoms with Gasteiger partial charge < -0.3 is 15.0 Å². The van der Waals surface area contributed by atoms with E-state index in [9.17, 15) is 4.79 Å². The Bertz CT molecular complexity index is 694. The van der Waals surface area contributed by atoms with Gasteiger partial charge in [-0.3, -0.25) is 4.79 Å². The number of carbonyl (C=O) groups excluding carboxylic acids is 1. The molecule has 1 fully saturated rings. The molecule has 2 aromatic carbocycles. The summed E-state index contributed by atoms with van der Waals surface area (Å²) in [7, 11) is 0. The Labute approximate surface area is 156 Å². The molecular weight excluding hydrogens is 324 g/mol. The lowest BCUT2D eigenvalue weighted by Gasteiger charge is -2.27. The highest BCUT2D eigenvalue weighted by molar-refractivity contribution is 5.95. The van der Waals surface area contributed by atoms with Gasteiger partial charge in [0, 0.05) is 5.56 Å². The second kappa shape index (κ2) is 9.39. The molecule has 0 aliphatic carbocycles. The number of quaternary nitrogens is 1. The summed E-state index contributed by atoms with van der Waals surface area (Å²) in [6.45, 7) is 4.61. The summed E-state index contributed by atoms with van der Waals surface area (Å²) in [5.74, 6) is 0.765. The van der Waals surface area contributed by atoms with Crippen molar-refractivity contribution in [2.45, 2.75) is 38.6 Å². The van der Waals surface area contributed by atoms with E-state index in [1.54, 1.807) is 0 Å². The summed E-state index contributed by atoms with van der Waals surface area (Å²) < 4.78 is 5.67. The van der Waals surface area contributed by atoms with Crippen molar-refractivity contribution < 1.29 is 14.4 Å². The molecule has 2 N–H and O–H groups in total. The number of ether oxygens (including phenoxy) is 1. The molecule has 26 heavy (non-hydrogen) atoms. The molecule has 2 aromatic rings. The van der Waals surface area contributed by atoms with E-state index in [-0.39, 0.29) is 11.9 Å². The van der Waals surface area contributed by atoms with Crippen LogP contribution in [0.25, 0.3) is 0 Å². The summed E-state index contributed by atoms with van der Waals surface area (Å²) in [5, 5.41) is 3.13. The van der Waals surface area contributed by atoms with Crippen molar-refractivity contribution in [3.8, 4) is 5.75 Å². The van der Waals surface area contributed by atoms with E-state index in [1.165, 1.54) is 30.6 Å². The lowest BCUT2D eigenvalue weighted by Crippen LogP contribution is -3.13. The number of hydrogen-bond donors (Lipinski definition) is 2. The van der Waals surface area contributed by atoms with E-state index in [4.69, 9.17) is 4.74 Å². The number of rotatable bonds is 6. The van der Waals surface area contributed by atoms with E-state index >= 15 is 0 Å². The molecule has 3 rings (SSSR count). The Hall–Kier alpha value is -2.33. The quantitative estimate of drug-likeness (QED) is 0.837. The monoisotopic (exact) mass is 353 g/mol. The third kappa shape index (κ3) is 4.64. The van der Waals surface area contributed by atoms with Crippen molar-refractivity contribution >= 4 is 11.6 Å². The highest BCUT2D eigenvalue weighted by Gasteiger charge is 2.32. The Balaban J connectivity index is 1.85. The fourth-order valence-corrected chi connectivity index (χ4v) is 3.75. The largest absolute Gasteiger partial charge is 0.492 e. The predicted octanol–water partition coefficient (Wildman–Crippen LogP) is 3.22. The number of anilines is 1. The van der Waals surface area contributed by atoms with Crippen LogP contribution in [0.5, 0.6) is 5.75 Å². The Morgan fingerprint density at radius 2 is 1.65 bits per heavy atom. The molecule has 4 nitrogen and oxygen atoms in total. The second-order valence-electron chi connectivity index (χ2n) is 6.83. The molecule has 0 unspecified atom stereocenters. The van der Waals surface area contributed by atoms with Crippen molar-refractivity contribution in [1.82, 2.24) is 0 Å². The van der Waals surface area contributed by atoms with Gasteiger partial charge in [-0.15, -0.1) is 0 Å². The van der Waals surface area contributed by atoms with E-state index in [0.29, 0.717) is 6.61 Å². The third-order valence-electron chi connectivity index (χ3n) is 4.99. The average molecular weight is 353 g/mol. The molecule has 1 aliphatic rings. The maximum Gasteiger partial charge on any atom is 0.287 e. The number of para-hydroxylation sites is 2. The van der Waals surface area contributed by atoms with Crippen molar-refractivity contribution in [3.63, 3.8) is 0 Å². The van der Waals surface area contributed by atoms with Crippen LogP contribution in [0, 0.1) is 0 Å².